The Hall–Kier alpha value is -1.12. The van der Waals surface area contributed by atoms with Crippen LogP contribution in [0.1, 0.15) is 27.5 Å². The molecule has 2 aromatic rings. The summed E-state index contributed by atoms with van der Waals surface area (Å²) < 4.78 is 0. The van der Waals surface area contributed by atoms with Gasteiger partial charge in [0.15, 0.2) is 0 Å². The first-order valence-corrected chi connectivity index (χ1v) is 6.88. The molecule has 0 radical (unpaired) electrons. The average Bonchev–Trinajstić information content (AvgIpc) is 2.82. The second-order valence-corrected chi connectivity index (χ2v) is 5.61. The smallest absolute Gasteiger partial charge is 0.00517 e. The van der Waals surface area contributed by atoms with E-state index in [0.717, 1.165) is 6.42 Å². The van der Waals surface area contributed by atoms with E-state index in [0.29, 0.717) is 12.5 Å². The Labute approximate surface area is 107 Å². The maximum Gasteiger partial charge on any atom is 0.00517 e. The van der Waals surface area contributed by atoms with Crippen LogP contribution in [0.4, 0.5) is 0 Å². The summed E-state index contributed by atoms with van der Waals surface area (Å²) in [5, 5.41) is 2.13. The van der Waals surface area contributed by atoms with Crippen molar-refractivity contribution in [3.8, 4) is 0 Å². The molecule has 1 nitrogen and oxygen atoms in total. The van der Waals surface area contributed by atoms with Gasteiger partial charge >= 0.3 is 0 Å². The summed E-state index contributed by atoms with van der Waals surface area (Å²) in [5.41, 5.74) is 10.0. The maximum atomic E-state index is 5.94. The molecule has 1 aromatic heterocycles. The third-order valence-electron chi connectivity index (χ3n) is 3.19. The Balaban J connectivity index is 2.25. The van der Waals surface area contributed by atoms with E-state index in [1.807, 2.05) is 11.3 Å². The number of thiophene rings is 1. The first-order chi connectivity index (χ1) is 8.20. The summed E-state index contributed by atoms with van der Waals surface area (Å²) in [6.45, 7) is 5.02. The Morgan fingerprint density at radius 2 is 2.06 bits per heavy atom. The molecular weight excluding hydrogens is 226 g/mol. The van der Waals surface area contributed by atoms with Crippen LogP contribution in [-0.4, -0.2) is 6.54 Å². The molecule has 2 rings (SSSR count). The fourth-order valence-corrected chi connectivity index (χ4v) is 2.98. The molecule has 17 heavy (non-hydrogen) atoms. The number of hydrogen-bond acceptors (Lipinski definition) is 2. The number of nitrogens with two attached hydrogens (primary N) is 1. The van der Waals surface area contributed by atoms with Crippen LogP contribution in [0.25, 0.3) is 0 Å². The predicted octanol–water partition coefficient (Wildman–Crippen LogP) is 3.65. The average molecular weight is 245 g/mol. The van der Waals surface area contributed by atoms with Gasteiger partial charge in [-0.3, -0.25) is 0 Å². The van der Waals surface area contributed by atoms with Crippen LogP contribution in [0.3, 0.4) is 0 Å². The molecule has 0 aliphatic rings. The summed E-state index contributed by atoms with van der Waals surface area (Å²) in [4.78, 5) is 1.42. The zero-order chi connectivity index (χ0) is 12.3. The third kappa shape index (κ3) is 2.96. The van der Waals surface area contributed by atoms with Crippen LogP contribution in [-0.2, 0) is 6.42 Å². The van der Waals surface area contributed by atoms with Gasteiger partial charge in [0.25, 0.3) is 0 Å². The van der Waals surface area contributed by atoms with Crippen LogP contribution in [0.2, 0.25) is 0 Å². The number of benzene rings is 1. The van der Waals surface area contributed by atoms with Crippen molar-refractivity contribution >= 4 is 11.3 Å². The van der Waals surface area contributed by atoms with Crippen molar-refractivity contribution < 1.29 is 0 Å². The van der Waals surface area contributed by atoms with Gasteiger partial charge in [-0.15, -0.1) is 11.3 Å². The molecule has 0 aliphatic heterocycles. The lowest BCUT2D eigenvalue weighted by atomic mass is 9.90. The van der Waals surface area contributed by atoms with E-state index in [1.54, 1.807) is 0 Å². The molecule has 1 aromatic carbocycles. The van der Waals surface area contributed by atoms with Crippen LogP contribution < -0.4 is 5.73 Å². The molecule has 2 heteroatoms. The fourth-order valence-electron chi connectivity index (χ4n) is 2.19. The molecule has 0 saturated carbocycles. The van der Waals surface area contributed by atoms with Crippen LogP contribution >= 0.6 is 11.3 Å². The van der Waals surface area contributed by atoms with E-state index >= 15 is 0 Å². The van der Waals surface area contributed by atoms with Gasteiger partial charge in [0.05, 0.1) is 0 Å². The van der Waals surface area contributed by atoms with Crippen molar-refractivity contribution in [1.29, 1.82) is 0 Å². The summed E-state index contributed by atoms with van der Waals surface area (Å²) >= 11 is 1.82. The number of hydrogen-bond donors (Lipinski definition) is 1. The van der Waals surface area contributed by atoms with Gasteiger partial charge < -0.3 is 5.73 Å². The normalized spacial score (nSPS) is 12.6. The Morgan fingerprint density at radius 1 is 1.24 bits per heavy atom. The Morgan fingerprint density at radius 3 is 2.71 bits per heavy atom. The maximum absolute atomic E-state index is 5.94. The minimum Gasteiger partial charge on any atom is -0.330 e. The quantitative estimate of drug-likeness (QED) is 0.874. The van der Waals surface area contributed by atoms with E-state index in [2.05, 4.69) is 49.6 Å². The van der Waals surface area contributed by atoms with E-state index in [9.17, 15) is 0 Å². The molecule has 0 bridgehead atoms. The van der Waals surface area contributed by atoms with Gasteiger partial charge in [-0.05, 0) is 49.4 Å². The lowest BCUT2D eigenvalue weighted by Crippen LogP contribution is -2.15. The van der Waals surface area contributed by atoms with Crippen molar-refractivity contribution in [2.45, 2.75) is 26.2 Å². The lowest BCUT2D eigenvalue weighted by molar-refractivity contribution is 0.696. The van der Waals surface area contributed by atoms with Crippen molar-refractivity contribution in [3.05, 3.63) is 57.3 Å². The molecule has 1 atom stereocenters. The highest BCUT2D eigenvalue weighted by molar-refractivity contribution is 7.09. The highest BCUT2D eigenvalue weighted by atomic mass is 32.1. The lowest BCUT2D eigenvalue weighted by Gasteiger charge is -2.17. The van der Waals surface area contributed by atoms with Gasteiger partial charge in [0, 0.05) is 10.8 Å². The van der Waals surface area contributed by atoms with E-state index in [4.69, 9.17) is 5.73 Å². The minimum atomic E-state index is 0.438. The Bertz CT molecular complexity index is 474. The Kier molecular flexibility index (Phi) is 3.97. The standard InChI is InChI=1S/C15H19NS/c1-11-5-6-12(2)15(8-11)13(10-16)9-14-4-3-7-17-14/h3-8,13H,9-10,16H2,1-2H3. The van der Waals surface area contributed by atoms with E-state index < -0.39 is 0 Å². The monoisotopic (exact) mass is 245 g/mol. The van der Waals surface area contributed by atoms with Crippen molar-refractivity contribution in [2.24, 2.45) is 5.73 Å². The van der Waals surface area contributed by atoms with Crippen LogP contribution in [0.5, 0.6) is 0 Å². The highest BCUT2D eigenvalue weighted by Gasteiger charge is 2.13. The molecule has 1 unspecified atom stereocenters. The van der Waals surface area contributed by atoms with E-state index in [-0.39, 0.29) is 0 Å². The molecule has 0 amide bonds. The first-order valence-electron chi connectivity index (χ1n) is 6.00. The molecule has 2 N–H and O–H groups in total. The van der Waals surface area contributed by atoms with Crippen molar-refractivity contribution in [3.63, 3.8) is 0 Å². The number of rotatable bonds is 4. The van der Waals surface area contributed by atoms with Gasteiger partial charge in [0.1, 0.15) is 0 Å². The molecule has 1 heterocycles. The van der Waals surface area contributed by atoms with Crippen LogP contribution in [0.15, 0.2) is 35.7 Å². The summed E-state index contributed by atoms with van der Waals surface area (Å²) in [6, 6.07) is 10.9. The van der Waals surface area contributed by atoms with Crippen molar-refractivity contribution in [2.75, 3.05) is 6.54 Å². The van der Waals surface area contributed by atoms with Crippen molar-refractivity contribution in [1.82, 2.24) is 0 Å². The second kappa shape index (κ2) is 5.48. The fraction of sp³-hybridized carbons (Fsp3) is 0.333. The van der Waals surface area contributed by atoms with Gasteiger partial charge in [-0.25, -0.2) is 0 Å². The molecule has 90 valence electrons. The molecule has 0 spiro atoms. The first kappa shape index (κ1) is 12.3. The van der Waals surface area contributed by atoms with Crippen LogP contribution in [0, 0.1) is 13.8 Å². The molecule has 0 saturated heterocycles. The molecular formula is C15H19NS. The number of aryl methyl sites for hydroxylation is 2. The SMILES string of the molecule is Cc1ccc(C)c(C(CN)Cc2cccs2)c1. The largest absolute Gasteiger partial charge is 0.330 e. The zero-order valence-corrected chi connectivity index (χ0v) is 11.3. The minimum absolute atomic E-state index is 0.438. The second-order valence-electron chi connectivity index (χ2n) is 4.58. The summed E-state index contributed by atoms with van der Waals surface area (Å²) in [5.74, 6) is 0.438. The molecule has 0 fully saturated rings. The van der Waals surface area contributed by atoms with E-state index in [1.165, 1.54) is 21.6 Å². The zero-order valence-electron chi connectivity index (χ0n) is 10.4. The predicted molar refractivity (Wildman–Crippen MR) is 75.7 cm³/mol. The third-order valence-corrected chi connectivity index (χ3v) is 4.09. The highest BCUT2D eigenvalue weighted by Crippen LogP contribution is 2.25. The molecule has 0 aliphatic carbocycles. The summed E-state index contributed by atoms with van der Waals surface area (Å²) in [7, 11) is 0. The van der Waals surface area contributed by atoms with Gasteiger partial charge in [-0.1, -0.05) is 29.8 Å². The van der Waals surface area contributed by atoms with Gasteiger partial charge in [-0.2, -0.15) is 0 Å². The van der Waals surface area contributed by atoms with Gasteiger partial charge in [0.2, 0.25) is 0 Å². The topological polar surface area (TPSA) is 26.0 Å². The summed E-state index contributed by atoms with van der Waals surface area (Å²) in [6.07, 6.45) is 1.05.